The smallest absolute Gasteiger partial charge is 0.340 e. The van der Waals surface area contributed by atoms with Crippen molar-refractivity contribution in [3.8, 4) is 11.3 Å². The molecule has 0 saturated carbocycles. The minimum Gasteiger partial charge on any atom is -0.462 e. The summed E-state index contributed by atoms with van der Waals surface area (Å²) in [6.45, 7) is 8.33. The van der Waals surface area contributed by atoms with E-state index in [0.29, 0.717) is 17.9 Å². The average Bonchev–Trinajstić information content (AvgIpc) is 2.77. The van der Waals surface area contributed by atoms with Gasteiger partial charge in [-0.3, -0.25) is 4.68 Å². The Morgan fingerprint density at radius 2 is 1.86 bits per heavy atom. The number of hydrogen-bond donors (Lipinski definition) is 1. The molecule has 0 amide bonds. The molecule has 0 saturated heterocycles. The first-order valence-electron chi connectivity index (χ1n) is 7.10. The Kier molecular flexibility index (Phi) is 4.07. The highest BCUT2D eigenvalue weighted by Crippen LogP contribution is 2.32. The van der Waals surface area contributed by atoms with E-state index in [0.717, 1.165) is 11.3 Å². The van der Waals surface area contributed by atoms with Crippen molar-refractivity contribution < 1.29 is 9.53 Å². The average molecular weight is 286 g/mol. The van der Waals surface area contributed by atoms with Gasteiger partial charge in [0.05, 0.1) is 17.9 Å². The third kappa shape index (κ3) is 2.94. The Labute approximate surface area is 125 Å². The van der Waals surface area contributed by atoms with Gasteiger partial charge in [0, 0.05) is 16.7 Å². The summed E-state index contributed by atoms with van der Waals surface area (Å²) in [5.41, 5.74) is 2.83. The van der Waals surface area contributed by atoms with Crippen LogP contribution in [0, 0.1) is 0 Å². The van der Waals surface area contributed by atoms with Crippen molar-refractivity contribution >= 4 is 5.97 Å². The maximum absolute atomic E-state index is 12.2. The largest absolute Gasteiger partial charge is 0.462 e. The molecule has 0 bridgehead atoms. The third-order valence-corrected chi connectivity index (χ3v) is 3.35. The lowest BCUT2D eigenvalue weighted by atomic mass is 9.92. The molecule has 2 N–H and O–H groups in total. The SMILES string of the molecule is CCOC(=O)c1cc(C(C)(C)C)n(N)c1-c1ccccc1. The van der Waals surface area contributed by atoms with Gasteiger partial charge in [0.1, 0.15) is 0 Å². The summed E-state index contributed by atoms with van der Waals surface area (Å²) in [5.74, 6) is 5.92. The summed E-state index contributed by atoms with van der Waals surface area (Å²) in [7, 11) is 0. The van der Waals surface area contributed by atoms with E-state index in [9.17, 15) is 4.79 Å². The Bertz CT molecular complexity index is 637. The van der Waals surface area contributed by atoms with Crippen molar-refractivity contribution in [2.75, 3.05) is 12.4 Å². The van der Waals surface area contributed by atoms with Crippen LogP contribution >= 0.6 is 0 Å². The second-order valence-corrected chi connectivity index (χ2v) is 6.00. The lowest BCUT2D eigenvalue weighted by Crippen LogP contribution is -2.23. The third-order valence-electron chi connectivity index (χ3n) is 3.35. The molecule has 0 aliphatic heterocycles. The first-order valence-corrected chi connectivity index (χ1v) is 7.10. The number of esters is 1. The molecule has 2 rings (SSSR count). The Hall–Kier alpha value is -2.23. The topological polar surface area (TPSA) is 57.2 Å². The van der Waals surface area contributed by atoms with Crippen molar-refractivity contribution in [2.24, 2.45) is 0 Å². The Morgan fingerprint density at radius 1 is 1.24 bits per heavy atom. The van der Waals surface area contributed by atoms with Crippen LogP contribution in [0.25, 0.3) is 11.3 Å². The van der Waals surface area contributed by atoms with Crippen LogP contribution in [0.4, 0.5) is 0 Å². The van der Waals surface area contributed by atoms with E-state index in [1.807, 2.05) is 36.4 Å². The second kappa shape index (κ2) is 5.64. The van der Waals surface area contributed by atoms with Crippen LogP contribution < -0.4 is 5.84 Å². The van der Waals surface area contributed by atoms with Crippen molar-refractivity contribution in [1.29, 1.82) is 0 Å². The zero-order valence-corrected chi connectivity index (χ0v) is 13.0. The maximum Gasteiger partial charge on any atom is 0.340 e. The molecule has 1 aromatic carbocycles. The van der Waals surface area contributed by atoms with E-state index in [-0.39, 0.29) is 11.4 Å². The highest BCUT2D eigenvalue weighted by molar-refractivity contribution is 5.97. The summed E-state index contributed by atoms with van der Waals surface area (Å²) in [6, 6.07) is 11.5. The molecule has 0 unspecified atom stereocenters. The second-order valence-electron chi connectivity index (χ2n) is 6.00. The summed E-state index contributed by atoms with van der Waals surface area (Å²) >= 11 is 0. The van der Waals surface area contributed by atoms with E-state index in [1.54, 1.807) is 11.6 Å². The first-order chi connectivity index (χ1) is 9.86. The van der Waals surface area contributed by atoms with Gasteiger partial charge in [-0.15, -0.1) is 0 Å². The van der Waals surface area contributed by atoms with Crippen LogP contribution in [0.15, 0.2) is 36.4 Å². The van der Waals surface area contributed by atoms with Crippen molar-refractivity contribution in [3.05, 3.63) is 47.7 Å². The van der Waals surface area contributed by atoms with Crippen LogP contribution in [0.2, 0.25) is 0 Å². The molecule has 0 fully saturated rings. The van der Waals surface area contributed by atoms with E-state index in [1.165, 1.54) is 0 Å². The van der Waals surface area contributed by atoms with Crippen molar-refractivity contribution in [3.63, 3.8) is 0 Å². The zero-order valence-electron chi connectivity index (χ0n) is 13.0. The molecule has 112 valence electrons. The first kappa shape index (κ1) is 15.2. The highest BCUT2D eigenvalue weighted by Gasteiger charge is 2.27. The van der Waals surface area contributed by atoms with E-state index in [4.69, 9.17) is 10.6 Å². The van der Waals surface area contributed by atoms with Crippen molar-refractivity contribution in [1.82, 2.24) is 4.68 Å². The van der Waals surface area contributed by atoms with Crippen molar-refractivity contribution in [2.45, 2.75) is 33.1 Å². The summed E-state index contributed by atoms with van der Waals surface area (Å²) in [4.78, 5) is 12.2. The predicted octanol–water partition coefficient (Wildman–Crippen LogP) is 3.34. The molecule has 1 aromatic heterocycles. The molecule has 1 heterocycles. The maximum atomic E-state index is 12.2. The van der Waals surface area contributed by atoms with E-state index < -0.39 is 0 Å². The van der Waals surface area contributed by atoms with Gasteiger partial charge in [-0.25, -0.2) is 4.79 Å². The number of nitrogen functional groups attached to an aromatic ring is 1. The van der Waals surface area contributed by atoms with E-state index >= 15 is 0 Å². The molecule has 0 aliphatic carbocycles. The van der Waals surface area contributed by atoms with Gasteiger partial charge < -0.3 is 10.6 Å². The normalized spacial score (nSPS) is 11.4. The summed E-state index contributed by atoms with van der Waals surface area (Å²) in [5, 5.41) is 0. The number of ether oxygens (including phenoxy) is 1. The molecule has 2 aromatic rings. The number of carbonyl (C=O) groups excluding carboxylic acids is 1. The predicted molar refractivity (Wildman–Crippen MR) is 84.7 cm³/mol. The van der Waals surface area contributed by atoms with Gasteiger partial charge in [-0.05, 0) is 13.0 Å². The molecule has 4 heteroatoms. The van der Waals surface area contributed by atoms with Crippen LogP contribution in [-0.4, -0.2) is 17.3 Å². The Balaban J connectivity index is 2.66. The fourth-order valence-corrected chi connectivity index (χ4v) is 2.36. The zero-order chi connectivity index (χ0) is 15.6. The number of nitrogens with zero attached hydrogens (tertiary/aromatic N) is 1. The molecular formula is C17H22N2O2. The highest BCUT2D eigenvalue weighted by atomic mass is 16.5. The minimum atomic E-state index is -0.342. The number of carbonyl (C=O) groups is 1. The van der Waals surface area contributed by atoms with Gasteiger partial charge in [0.15, 0.2) is 0 Å². The molecular weight excluding hydrogens is 264 g/mol. The molecule has 0 aliphatic rings. The molecule has 0 radical (unpaired) electrons. The number of rotatable bonds is 3. The van der Waals surface area contributed by atoms with Gasteiger partial charge >= 0.3 is 5.97 Å². The van der Waals surface area contributed by atoms with Crippen LogP contribution in [-0.2, 0) is 10.2 Å². The molecule has 21 heavy (non-hydrogen) atoms. The van der Waals surface area contributed by atoms with Gasteiger partial charge in [0.25, 0.3) is 0 Å². The van der Waals surface area contributed by atoms with E-state index in [2.05, 4.69) is 20.8 Å². The van der Waals surface area contributed by atoms with Crippen LogP contribution in [0.1, 0.15) is 43.7 Å². The monoisotopic (exact) mass is 286 g/mol. The molecule has 4 nitrogen and oxygen atoms in total. The number of nitrogens with two attached hydrogens (primary N) is 1. The summed E-state index contributed by atoms with van der Waals surface area (Å²) < 4.78 is 6.76. The lowest BCUT2D eigenvalue weighted by Gasteiger charge is -2.20. The van der Waals surface area contributed by atoms with Crippen LogP contribution in [0.3, 0.4) is 0 Å². The number of benzene rings is 1. The lowest BCUT2D eigenvalue weighted by molar-refractivity contribution is 0.0527. The molecule has 0 atom stereocenters. The molecule has 0 spiro atoms. The standard InChI is InChI=1S/C17H22N2O2/c1-5-21-16(20)13-11-14(17(2,3)4)19(18)15(13)12-9-7-6-8-10-12/h6-11H,5,18H2,1-4H3. The fraction of sp³-hybridized carbons (Fsp3) is 0.353. The van der Waals surface area contributed by atoms with Gasteiger partial charge in [-0.1, -0.05) is 51.1 Å². The van der Waals surface area contributed by atoms with Crippen LogP contribution in [0.5, 0.6) is 0 Å². The Morgan fingerprint density at radius 3 is 2.38 bits per heavy atom. The van der Waals surface area contributed by atoms with Gasteiger partial charge in [-0.2, -0.15) is 0 Å². The summed E-state index contributed by atoms with van der Waals surface area (Å²) in [6.07, 6.45) is 0. The quantitative estimate of drug-likeness (QED) is 0.695. The minimum absolute atomic E-state index is 0.164. The fourth-order valence-electron chi connectivity index (χ4n) is 2.36. The van der Waals surface area contributed by atoms with Gasteiger partial charge in [0.2, 0.25) is 0 Å². The number of aromatic nitrogens is 1. The number of hydrogen-bond acceptors (Lipinski definition) is 3.